The van der Waals surface area contributed by atoms with Crippen LogP contribution in [0.4, 0.5) is 0 Å². The Kier molecular flexibility index (Phi) is 4.47. The molecule has 6 nitrogen and oxygen atoms in total. The van der Waals surface area contributed by atoms with E-state index in [1.807, 2.05) is 19.9 Å². The lowest BCUT2D eigenvalue weighted by Gasteiger charge is -2.21. The Hall–Kier alpha value is -2.21. The van der Waals surface area contributed by atoms with E-state index in [1.54, 1.807) is 23.4 Å². The fourth-order valence-corrected chi connectivity index (χ4v) is 1.99. The lowest BCUT2D eigenvalue weighted by molar-refractivity contribution is 0.0699. The monoisotopic (exact) mass is 274 g/mol. The number of aromatic amines is 1. The first-order chi connectivity index (χ1) is 9.61. The zero-order chi connectivity index (χ0) is 14.5. The summed E-state index contributed by atoms with van der Waals surface area (Å²) in [6.45, 7) is 4.23. The molecule has 0 saturated carbocycles. The predicted molar refractivity (Wildman–Crippen MR) is 74.1 cm³/mol. The first-order valence-corrected chi connectivity index (χ1v) is 6.44. The van der Waals surface area contributed by atoms with Gasteiger partial charge in [0.1, 0.15) is 11.5 Å². The number of rotatable bonds is 5. The number of H-pyrrole nitrogens is 1. The SMILES string of the molecule is Cc1ncc(CN(CCO)C(=O)c2ncccc2C)[nH]1. The molecule has 2 N–H and O–H groups in total. The van der Waals surface area contributed by atoms with E-state index in [4.69, 9.17) is 5.11 Å². The topological polar surface area (TPSA) is 82.1 Å². The van der Waals surface area contributed by atoms with E-state index in [9.17, 15) is 4.79 Å². The third-order valence-corrected chi connectivity index (χ3v) is 2.99. The number of nitrogens with zero attached hydrogens (tertiary/aromatic N) is 3. The molecule has 2 aromatic rings. The Morgan fingerprint density at radius 2 is 2.20 bits per heavy atom. The zero-order valence-electron chi connectivity index (χ0n) is 11.6. The summed E-state index contributed by atoms with van der Waals surface area (Å²) in [7, 11) is 0. The average molecular weight is 274 g/mol. The number of carbonyl (C=O) groups is 1. The molecule has 1 amide bonds. The highest BCUT2D eigenvalue weighted by Crippen LogP contribution is 2.10. The number of aromatic nitrogens is 3. The van der Waals surface area contributed by atoms with E-state index in [0.29, 0.717) is 12.2 Å². The lowest BCUT2D eigenvalue weighted by Crippen LogP contribution is -2.34. The number of imidazole rings is 1. The smallest absolute Gasteiger partial charge is 0.273 e. The largest absolute Gasteiger partial charge is 0.395 e. The van der Waals surface area contributed by atoms with Gasteiger partial charge in [0, 0.05) is 12.7 Å². The van der Waals surface area contributed by atoms with Gasteiger partial charge in [-0.15, -0.1) is 0 Å². The van der Waals surface area contributed by atoms with Crippen molar-refractivity contribution in [3.05, 3.63) is 47.3 Å². The zero-order valence-corrected chi connectivity index (χ0v) is 11.6. The molecule has 2 rings (SSSR count). The van der Waals surface area contributed by atoms with Gasteiger partial charge in [-0.3, -0.25) is 9.78 Å². The van der Waals surface area contributed by atoms with Crippen molar-refractivity contribution < 1.29 is 9.90 Å². The third kappa shape index (κ3) is 3.21. The number of pyridine rings is 1. The predicted octanol–water partition coefficient (Wildman–Crippen LogP) is 1.06. The van der Waals surface area contributed by atoms with Gasteiger partial charge in [-0.25, -0.2) is 4.98 Å². The minimum Gasteiger partial charge on any atom is -0.395 e. The van der Waals surface area contributed by atoms with Crippen LogP contribution in [0.2, 0.25) is 0 Å². The first kappa shape index (κ1) is 14.2. The molecule has 0 bridgehead atoms. The first-order valence-electron chi connectivity index (χ1n) is 6.44. The Balaban J connectivity index is 2.20. The van der Waals surface area contributed by atoms with Crippen LogP contribution >= 0.6 is 0 Å². The second kappa shape index (κ2) is 6.29. The van der Waals surface area contributed by atoms with Crippen LogP contribution in [0.25, 0.3) is 0 Å². The molecule has 0 atom stereocenters. The van der Waals surface area contributed by atoms with Gasteiger partial charge in [0.2, 0.25) is 0 Å². The number of amides is 1. The Bertz CT molecular complexity index is 594. The van der Waals surface area contributed by atoms with Gasteiger partial charge in [0.25, 0.3) is 5.91 Å². The van der Waals surface area contributed by atoms with Gasteiger partial charge in [-0.2, -0.15) is 0 Å². The maximum absolute atomic E-state index is 12.5. The minimum atomic E-state index is -0.190. The molecular formula is C14H18N4O2. The maximum atomic E-state index is 12.5. The number of hydrogen-bond acceptors (Lipinski definition) is 4. The van der Waals surface area contributed by atoms with Gasteiger partial charge in [-0.1, -0.05) is 6.07 Å². The molecule has 0 aliphatic heterocycles. The fourth-order valence-electron chi connectivity index (χ4n) is 1.99. The number of aliphatic hydroxyl groups is 1. The van der Waals surface area contributed by atoms with Gasteiger partial charge < -0.3 is 15.0 Å². The standard InChI is InChI=1S/C14H18N4O2/c1-10-4-3-5-15-13(10)14(20)18(6-7-19)9-12-8-16-11(2)17-12/h3-5,8,19H,6-7,9H2,1-2H3,(H,16,17). The number of carbonyl (C=O) groups excluding carboxylic acids is 1. The summed E-state index contributed by atoms with van der Waals surface area (Å²) in [5.41, 5.74) is 2.07. The number of nitrogens with one attached hydrogen (secondary N) is 1. The summed E-state index contributed by atoms with van der Waals surface area (Å²) < 4.78 is 0. The van der Waals surface area contributed by atoms with Crippen molar-refractivity contribution in [2.75, 3.05) is 13.2 Å². The van der Waals surface area contributed by atoms with E-state index in [2.05, 4.69) is 15.0 Å². The molecule has 0 unspecified atom stereocenters. The molecule has 0 fully saturated rings. The maximum Gasteiger partial charge on any atom is 0.273 e. The third-order valence-electron chi connectivity index (χ3n) is 2.99. The van der Waals surface area contributed by atoms with Crippen LogP contribution in [0.3, 0.4) is 0 Å². The van der Waals surface area contributed by atoms with E-state index >= 15 is 0 Å². The van der Waals surface area contributed by atoms with Crippen LogP contribution in [0.15, 0.2) is 24.5 Å². The fraction of sp³-hybridized carbons (Fsp3) is 0.357. The Morgan fingerprint density at radius 3 is 2.80 bits per heavy atom. The molecule has 2 heterocycles. The summed E-state index contributed by atoms with van der Waals surface area (Å²) in [5, 5.41) is 9.14. The number of hydrogen-bond donors (Lipinski definition) is 2. The molecule has 6 heteroatoms. The second-order valence-corrected chi connectivity index (χ2v) is 4.61. The van der Waals surface area contributed by atoms with Crippen molar-refractivity contribution in [1.29, 1.82) is 0 Å². The van der Waals surface area contributed by atoms with Gasteiger partial charge in [0.15, 0.2) is 0 Å². The summed E-state index contributed by atoms with van der Waals surface area (Å²) in [4.78, 5) is 25.4. The number of aryl methyl sites for hydroxylation is 2. The van der Waals surface area contributed by atoms with E-state index in [0.717, 1.165) is 17.1 Å². The molecule has 2 aromatic heterocycles. The van der Waals surface area contributed by atoms with E-state index < -0.39 is 0 Å². The van der Waals surface area contributed by atoms with E-state index in [-0.39, 0.29) is 19.1 Å². The minimum absolute atomic E-state index is 0.0925. The number of aliphatic hydroxyl groups excluding tert-OH is 1. The molecule has 0 saturated heterocycles. The molecule has 0 aromatic carbocycles. The molecule has 0 aliphatic rings. The van der Waals surface area contributed by atoms with Crippen molar-refractivity contribution in [3.8, 4) is 0 Å². The van der Waals surface area contributed by atoms with Crippen molar-refractivity contribution in [2.45, 2.75) is 20.4 Å². The molecule has 0 aliphatic carbocycles. The molecule has 0 spiro atoms. The van der Waals surface area contributed by atoms with Gasteiger partial charge in [0.05, 0.1) is 25.0 Å². The summed E-state index contributed by atoms with van der Waals surface area (Å²) >= 11 is 0. The van der Waals surface area contributed by atoms with Gasteiger partial charge >= 0.3 is 0 Å². The van der Waals surface area contributed by atoms with Crippen LogP contribution in [0, 0.1) is 13.8 Å². The Labute approximate surface area is 117 Å². The highest BCUT2D eigenvalue weighted by Gasteiger charge is 2.19. The average Bonchev–Trinajstić information content (AvgIpc) is 2.83. The van der Waals surface area contributed by atoms with Crippen molar-refractivity contribution in [3.63, 3.8) is 0 Å². The summed E-state index contributed by atoms with van der Waals surface area (Å²) in [5.74, 6) is 0.606. The summed E-state index contributed by atoms with van der Waals surface area (Å²) in [6.07, 6.45) is 3.29. The highest BCUT2D eigenvalue weighted by molar-refractivity contribution is 5.93. The van der Waals surface area contributed by atoms with Crippen molar-refractivity contribution in [2.24, 2.45) is 0 Å². The molecule has 0 radical (unpaired) electrons. The normalized spacial score (nSPS) is 10.6. The van der Waals surface area contributed by atoms with Gasteiger partial charge in [-0.05, 0) is 25.5 Å². The Morgan fingerprint density at radius 1 is 1.40 bits per heavy atom. The highest BCUT2D eigenvalue weighted by atomic mass is 16.3. The van der Waals surface area contributed by atoms with Crippen LogP contribution < -0.4 is 0 Å². The van der Waals surface area contributed by atoms with Crippen LogP contribution in [0.1, 0.15) is 27.6 Å². The quantitative estimate of drug-likeness (QED) is 0.854. The van der Waals surface area contributed by atoms with Crippen LogP contribution in [-0.2, 0) is 6.54 Å². The second-order valence-electron chi connectivity index (χ2n) is 4.61. The van der Waals surface area contributed by atoms with Crippen LogP contribution in [-0.4, -0.2) is 44.0 Å². The van der Waals surface area contributed by atoms with E-state index in [1.165, 1.54) is 0 Å². The molecular weight excluding hydrogens is 256 g/mol. The van der Waals surface area contributed by atoms with Crippen LogP contribution in [0.5, 0.6) is 0 Å². The summed E-state index contributed by atoms with van der Waals surface area (Å²) in [6, 6.07) is 3.64. The lowest BCUT2D eigenvalue weighted by atomic mass is 10.2. The van der Waals surface area contributed by atoms with Crippen molar-refractivity contribution >= 4 is 5.91 Å². The molecule has 20 heavy (non-hydrogen) atoms. The van der Waals surface area contributed by atoms with Crippen molar-refractivity contribution in [1.82, 2.24) is 19.9 Å². The molecule has 106 valence electrons.